The van der Waals surface area contributed by atoms with Gasteiger partial charge in [0.1, 0.15) is 0 Å². The van der Waals surface area contributed by atoms with Crippen LogP contribution >= 0.6 is 0 Å². The zero-order chi connectivity index (χ0) is 17.1. The Labute approximate surface area is 143 Å². The Morgan fingerprint density at radius 2 is 2.12 bits per heavy atom. The van der Waals surface area contributed by atoms with Crippen LogP contribution in [0.5, 0.6) is 0 Å². The van der Waals surface area contributed by atoms with Crippen molar-refractivity contribution in [3.8, 4) is 0 Å². The van der Waals surface area contributed by atoms with Crippen molar-refractivity contribution >= 4 is 11.4 Å². The molecule has 0 aliphatic heterocycles. The number of pyridine rings is 1. The van der Waals surface area contributed by atoms with E-state index in [1.807, 2.05) is 0 Å². The van der Waals surface area contributed by atoms with Crippen LogP contribution in [0.1, 0.15) is 41.7 Å². The fraction of sp³-hybridized carbons (Fsp3) is 0.421. The molecule has 0 radical (unpaired) electrons. The lowest BCUT2D eigenvalue weighted by Gasteiger charge is -2.28. The largest absolute Gasteiger partial charge is 0.383 e. The van der Waals surface area contributed by atoms with Gasteiger partial charge in [-0.25, -0.2) is 0 Å². The first-order valence-corrected chi connectivity index (χ1v) is 8.40. The van der Waals surface area contributed by atoms with Crippen LogP contribution in [0.4, 0.5) is 11.4 Å². The second-order valence-electron chi connectivity index (χ2n) is 6.58. The summed E-state index contributed by atoms with van der Waals surface area (Å²) < 4.78 is 0. The minimum absolute atomic E-state index is 0.425. The molecule has 3 rings (SSSR count). The van der Waals surface area contributed by atoms with Gasteiger partial charge in [0.15, 0.2) is 6.29 Å². The maximum absolute atomic E-state index is 9.46. The first-order chi connectivity index (χ1) is 11.6. The average molecular weight is 327 g/mol. The summed E-state index contributed by atoms with van der Waals surface area (Å²) in [5.41, 5.74) is 5.20. The molecule has 0 fully saturated rings. The highest BCUT2D eigenvalue weighted by atomic mass is 16.5. The molecule has 0 amide bonds. The van der Waals surface area contributed by atoms with Crippen LogP contribution in [0.25, 0.3) is 0 Å². The summed E-state index contributed by atoms with van der Waals surface area (Å²) in [5.74, 6) is 0.425. The van der Waals surface area contributed by atoms with Crippen molar-refractivity contribution in [2.75, 3.05) is 30.9 Å². The lowest BCUT2D eigenvalue weighted by Crippen LogP contribution is -2.20. The molecule has 1 aromatic heterocycles. The number of aromatic nitrogens is 1. The summed E-state index contributed by atoms with van der Waals surface area (Å²) in [6.07, 6.45) is 5.17. The van der Waals surface area contributed by atoms with Crippen LogP contribution in [-0.2, 0) is 6.42 Å². The van der Waals surface area contributed by atoms with Gasteiger partial charge in [0.05, 0.1) is 11.9 Å². The summed E-state index contributed by atoms with van der Waals surface area (Å²) >= 11 is 0. The summed E-state index contributed by atoms with van der Waals surface area (Å²) in [7, 11) is 4.13. The molecule has 0 spiro atoms. The molecule has 1 atom stereocenters. The van der Waals surface area contributed by atoms with E-state index in [2.05, 4.69) is 47.5 Å². The van der Waals surface area contributed by atoms with Crippen LogP contribution in [0.3, 0.4) is 0 Å². The highest BCUT2D eigenvalue weighted by Gasteiger charge is 2.21. The third-order valence-corrected chi connectivity index (χ3v) is 4.75. The monoisotopic (exact) mass is 327 g/mol. The topological polar surface area (TPSA) is 68.6 Å². The van der Waals surface area contributed by atoms with Crippen molar-refractivity contribution in [1.29, 1.82) is 0 Å². The Balaban J connectivity index is 1.76. The third-order valence-electron chi connectivity index (χ3n) is 4.75. The van der Waals surface area contributed by atoms with Crippen LogP contribution in [0.2, 0.25) is 0 Å². The van der Waals surface area contributed by atoms with E-state index in [-0.39, 0.29) is 0 Å². The number of aliphatic hydroxyl groups excluding tert-OH is 1. The lowest BCUT2D eigenvalue weighted by atomic mass is 9.82. The van der Waals surface area contributed by atoms with Crippen LogP contribution in [0, 0.1) is 0 Å². The lowest BCUT2D eigenvalue weighted by molar-refractivity contribution is -0.0419. The predicted octanol–water partition coefficient (Wildman–Crippen LogP) is 2.66. The zero-order valence-corrected chi connectivity index (χ0v) is 14.2. The molecular formula is C19H25N3O2. The minimum atomic E-state index is -1.49. The number of hydrogen-bond donors (Lipinski definition) is 3. The van der Waals surface area contributed by atoms with Crippen LogP contribution < -0.4 is 10.2 Å². The summed E-state index contributed by atoms with van der Waals surface area (Å²) in [4.78, 5) is 6.21. The van der Waals surface area contributed by atoms with Crippen molar-refractivity contribution in [3.05, 3.63) is 53.3 Å². The predicted molar refractivity (Wildman–Crippen MR) is 96.4 cm³/mol. The van der Waals surface area contributed by atoms with Gasteiger partial charge < -0.3 is 20.4 Å². The van der Waals surface area contributed by atoms with E-state index in [1.54, 1.807) is 18.5 Å². The molecular weight excluding hydrogens is 302 g/mol. The van der Waals surface area contributed by atoms with Crippen molar-refractivity contribution in [2.45, 2.75) is 31.5 Å². The highest BCUT2D eigenvalue weighted by Crippen LogP contribution is 2.34. The van der Waals surface area contributed by atoms with Gasteiger partial charge in [-0.2, -0.15) is 0 Å². The molecule has 24 heavy (non-hydrogen) atoms. The third kappa shape index (κ3) is 3.52. The van der Waals surface area contributed by atoms with E-state index in [9.17, 15) is 10.2 Å². The molecule has 2 aromatic rings. The Morgan fingerprint density at radius 1 is 1.29 bits per heavy atom. The molecule has 0 saturated heterocycles. The van der Waals surface area contributed by atoms with Gasteiger partial charge in [0.25, 0.3) is 0 Å². The second-order valence-corrected chi connectivity index (χ2v) is 6.58. The van der Waals surface area contributed by atoms with E-state index >= 15 is 0 Å². The number of benzene rings is 1. The van der Waals surface area contributed by atoms with E-state index in [0.717, 1.165) is 19.4 Å². The summed E-state index contributed by atoms with van der Waals surface area (Å²) in [6, 6.07) is 8.32. The van der Waals surface area contributed by atoms with Gasteiger partial charge in [-0.1, -0.05) is 6.07 Å². The van der Waals surface area contributed by atoms with Gasteiger partial charge in [0, 0.05) is 44.0 Å². The fourth-order valence-corrected chi connectivity index (χ4v) is 3.40. The van der Waals surface area contributed by atoms with Crippen molar-refractivity contribution in [3.63, 3.8) is 0 Å². The highest BCUT2D eigenvalue weighted by molar-refractivity contribution is 5.53. The molecule has 1 heterocycles. The van der Waals surface area contributed by atoms with Crippen molar-refractivity contribution < 1.29 is 10.2 Å². The molecule has 1 aromatic carbocycles. The molecule has 1 aliphatic carbocycles. The molecule has 128 valence electrons. The first-order valence-electron chi connectivity index (χ1n) is 8.40. The molecule has 5 heteroatoms. The maximum Gasteiger partial charge on any atom is 0.180 e. The van der Waals surface area contributed by atoms with Gasteiger partial charge in [0.2, 0.25) is 0 Å². The van der Waals surface area contributed by atoms with Gasteiger partial charge >= 0.3 is 0 Å². The SMILES string of the molecule is CN(C)c1ccc2c(c1)CCC[C@H]2CNc1cnccc1C(O)O. The molecule has 3 N–H and O–H groups in total. The Hall–Kier alpha value is -2.11. The number of aryl methyl sites for hydroxylation is 1. The first kappa shape index (κ1) is 16.7. The summed E-state index contributed by atoms with van der Waals surface area (Å²) in [6.45, 7) is 0.764. The molecule has 5 nitrogen and oxygen atoms in total. The number of anilines is 2. The van der Waals surface area contributed by atoms with E-state index in [4.69, 9.17) is 0 Å². The average Bonchev–Trinajstić information content (AvgIpc) is 2.59. The number of nitrogens with one attached hydrogen (secondary N) is 1. The normalized spacial score (nSPS) is 16.8. The Morgan fingerprint density at radius 3 is 2.88 bits per heavy atom. The van der Waals surface area contributed by atoms with Gasteiger partial charge in [-0.05, 0) is 48.6 Å². The van der Waals surface area contributed by atoms with Crippen molar-refractivity contribution in [2.24, 2.45) is 0 Å². The van der Waals surface area contributed by atoms with Gasteiger partial charge in [-0.3, -0.25) is 4.98 Å². The fourth-order valence-electron chi connectivity index (χ4n) is 3.40. The number of hydrogen-bond acceptors (Lipinski definition) is 5. The Kier molecular flexibility index (Phi) is 5.02. The van der Waals surface area contributed by atoms with E-state index in [0.29, 0.717) is 17.2 Å². The minimum Gasteiger partial charge on any atom is -0.383 e. The second kappa shape index (κ2) is 7.20. The molecule has 1 aliphatic rings. The number of aliphatic hydroxyl groups is 2. The smallest absolute Gasteiger partial charge is 0.180 e. The maximum atomic E-state index is 9.46. The van der Waals surface area contributed by atoms with E-state index < -0.39 is 6.29 Å². The van der Waals surface area contributed by atoms with Gasteiger partial charge in [-0.15, -0.1) is 0 Å². The number of rotatable bonds is 5. The molecule has 0 unspecified atom stereocenters. The molecule has 0 saturated carbocycles. The Bertz CT molecular complexity index is 701. The van der Waals surface area contributed by atoms with Crippen LogP contribution in [-0.4, -0.2) is 35.8 Å². The number of fused-ring (bicyclic) bond motifs is 1. The zero-order valence-electron chi connectivity index (χ0n) is 14.2. The quantitative estimate of drug-likeness (QED) is 0.737. The molecule has 0 bridgehead atoms. The number of nitrogens with zero attached hydrogens (tertiary/aromatic N) is 2. The standard InChI is InChI=1S/C19H25N3O2/c1-22(2)15-6-7-16-13(10-15)4-3-5-14(16)11-21-18-12-20-9-8-17(18)19(23)24/h6-10,12,14,19,21,23-24H,3-5,11H2,1-2H3/t14-/m0/s1. The summed E-state index contributed by atoms with van der Waals surface area (Å²) in [5, 5.41) is 22.3. The van der Waals surface area contributed by atoms with E-state index in [1.165, 1.54) is 23.2 Å². The van der Waals surface area contributed by atoms with Crippen molar-refractivity contribution in [1.82, 2.24) is 4.98 Å². The van der Waals surface area contributed by atoms with Crippen LogP contribution in [0.15, 0.2) is 36.7 Å².